The van der Waals surface area contributed by atoms with Gasteiger partial charge in [0.25, 0.3) is 0 Å². The molecule has 1 aromatic rings. The van der Waals surface area contributed by atoms with E-state index in [1.54, 1.807) is 0 Å². The van der Waals surface area contributed by atoms with Crippen LogP contribution in [0.1, 0.15) is 20.8 Å². The van der Waals surface area contributed by atoms with E-state index < -0.39 is 0 Å². The summed E-state index contributed by atoms with van der Waals surface area (Å²) in [6.45, 7) is 6.56. The smallest absolute Gasteiger partial charge is 0.169 e. The second-order valence-corrected chi connectivity index (χ2v) is 2.96. The fourth-order valence-electron chi connectivity index (χ4n) is 1.01. The van der Waals surface area contributed by atoms with Gasteiger partial charge in [-0.2, -0.15) is 0 Å². The zero-order valence-electron chi connectivity index (χ0n) is 8.33. The van der Waals surface area contributed by atoms with Gasteiger partial charge in [0.1, 0.15) is 0 Å². The molecule has 0 aliphatic rings. The fraction of sp³-hybridized carbons (Fsp3) is 0.455. The highest BCUT2D eigenvalue weighted by Gasteiger charge is 2.04. The van der Waals surface area contributed by atoms with E-state index in [2.05, 4.69) is 6.07 Å². The summed E-state index contributed by atoms with van der Waals surface area (Å²) in [5, 5.41) is 0. The van der Waals surface area contributed by atoms with Crippen LogP contribution in [0.4, 0.5) is 0 Å². The van der Waals surface area contributed by atoms with E-state index in [9.17, 15) is 0 Å². The molecule has 0 unspecified atom stereocenters. The first kappa shape index (κ1) is 9.90. The molecule has 71 valence electrons. The van der Waals surface area contributed by atoms with Crippen LogP contribution in [0.5, 0.6) is 11.5 Å². The molecule has 1 radical (unpaired) electrons. The lowest BCUT2D eigenvalue weighted by Crippen LogP contribution is -2.07. The molecule has 0 atom stereocenters. The van der Waals surface area contributed by atoms with E-state index in [-0.39, 0.29) is 6.10 Å². The molecule has 2 nitrogen and oxygen atoms in total. The van der Waals surface area contributed by atoms with Gasteiger partial charge in [-0.25, -0.2) is 0 Å². The molecule has 0 N–H and O–H groups in total. The van der Waals surface area contributed by atoms with Crippen molar-refractivity contribution in [2.75, 3.05) is 6.61 Å². The van der Waals surface area contributed by atoms with Gasteiger partial charge in [-0.15, -0.1) is 0 Å². The Morgan fingerprint density at radius 1 is 1.46 bits per heavy atom. The Balaban J connectivity index is 2.78. The number of rotatable bonds is 4. The summed E-state index contributed by atoms with van der Waals surface area (Å²) in [5.41, 5.74) is 0. The van der Waals surface area contributed by atoms with Crippen LogP contribution in [0.2, 0.25) is 0 Å². The molecule has 0 bridgehead atoms. The summed E-state index contributed by atoms with van der Waals surface area (Å²) in [5.74, 6) is 1.46. The molecule has 0 saturated carbocycles. The van der Waals surface area contributed by atoms with Crippen LogP contribution in [-0.2, 0) is 0 Å². The highest BCUT2D eigenvalue weighted by molar-refractivity contribution is 5.38. The highest BCUT2D eigenvalue weighted by atomic mass is 16.5. The van der Waals surface area contributed by atoms with Gasteiger partial charge in [0.15, 0.2) is 11.5 Å². The Morgan fingerprint density at radius 2 is 2.23 bits per heavy atom. The first-order valence-corrected chi connectivity index (χ1v) is 4.54. The van der Waals surface area contributed by atoms with Gasteiger partial charge in [-0.3, -0.25) is 0 Å². The molecular formula is C11H15O2. The van der Waals surface area contributed by atoms with E-state index in [0.29, 0.717) is 12.4 Å². The normalized spacial score (nSPS) is 10.2. The Kier molecular flexibility index (Phi) is 3.62. The van der Waals surface area contributed by atoms with Crippen LogP contribution in [0.3, 0.4) is 0 Å². The molecule has 0 saturated heterocycles. The average molecular weight is 179 g/mol. The lowest BCUT2D eigenvalue weighted by Gasteiger charge is -2.13. The van der Waals surface area contributed by atoms with Crippen molar-refractivity contribution in [3.8, 4) is 11.5 Å². The van der Waals surface area contributed by atoms with Gasteiger partial charge in [-0.1, -0.05) is 12.1 Å². The minimum Gasteiger partial charge on any atom is -0.489 e. The number of ether oxygens (including phenoxy) is 2. The van der Waals surface area contributed by atoms with E-state index in [1.807, 2.05) is 39.0 Å². The lowest BCUT2D eigenvalue weighted by atomic mass is 10.3. The molecule has 0 amide bonds. The third-order valence-electron chi connectivity index (χ3n) is 1.43. The first-order valence-electron chi connectivity index (χ1n) is 4.54. The molecule has 13 heavy (non-hydrogen) atoms. The van der Waals surface area contributed by atoms with E-state index in [4.69, 9.17) is 9.47 Å². The average Bonchev–Trinajstić information content (AvgIpc) is 2.08. The van der Waals surface area contributed by atoms with Crippen LogP contribution >= 0.6 is 0 Å². The van der Waals surface area contributed by atoms with Gasteiger partial charge in [0, 0.05) is 6.07 Å². The summed E-state index contributed by atoms with van der Waals surface area (Å²) in [6.07, 6.45) is 0.162. The Bertz CT molecular complexity index is 256. The summed E-state index contributed by atoms with van der Waals surface area (Å²) < 4.78 is 10.9. The quantitative estimate of drug-likeness (QED) is 0.707. The number of hydrogen-bond donors (Lipinski definition) is 0. The maximum absolute atomic E-state index is 5.54. The molecule has 1 rings (SSSR count). The molecule has 2 heteroatoms. The van der Waals surface area contributed by atoms with E-state index in [0.717, 1.165) is 5.75 Å². The summed E-state index contributed by atoms with van der Waals surface area (Å²) in [4.78, 5) is 0. The molecule has 0 aliphatic heterocycles. The van der Waals surface area contributed by atoms with E-state index >= 15 is 0 Å². The van der Waals surface area contributed by atoms with Gasteiger partial charge < -0.3 is 9.47 Å². The van der Waals surface area contributed by atoms with Crippen molar-refractivity contribution in [1.29, 1.82) is 0 Å². The van der Waals surface area contributed by atoms with Crippen molar-refractivity contribution in [3.63, 3.8) is 0 Å². The second-order valence-electron chi connectivity index (χ2n) is 2.96. The number of hydrogen-bond acceptors (Lipinski definition) is 2. The lowest BCUT2D eigenvalue weighted by molar-refractivity contribution is 0.223. The van der Waals surface area contributed by atoms with Crippen molar-refractivity contribution >= 4 is 0 Å². The topological polar surface area (TPSA) is 18.5 Å². The number of para-hydroxylation sites is 1. The zero-order chi connectivity index (χ0) is 9.68. The van der Waals surface area contributed by atoms with Gasteiger partial charge >= 0.3 is 0 Å². The zero-order valence-corrected chi connectivity index (χ0v) is 8.33. The molecule has 0 heterocycles. The van der Waals surface area contributed by atoms with Gasteiger partial charge in [0.05, 0.1) is 12.7 Å². The third kappa shape index (κ3) is 2.98. The number of benzene rings is 1. The van der Waals surface area contributed by atoms with Crippen molar-refractivity contribution < 1.29 is 9.47 Å². The fourth-order valence-corrected chi connectivity index (χ4v) is 1.01. The van der Waals surface area contributed by atoms with Gasteiger partial charge in [-0.05, 0) is 26.8 Å². The van der Waals surface area contributed by atoms with Crippen LogP contribution in [0.15, 0.2) is 18.2 Å². The monoisotopic (exact) mass is 179 g/mol. The summed E-state index contributed by atoms with van der Waals surface area (Å²) in [6, 6.07) is 8.59. The summed E-state index contributed by atoms with van der Waals surface area (Å²) >= 11 is 0. The third-order valence-corrected chi connectivity index (χ3v) is 1.43. The van der Waals surface area contributed by atoms with Crippen molar-refractivity contribution in [3.05, 3.63) is 24.3 Å². The Morgan fingerprint density at radius 3 is 2.85 bits per heavy atom. The molecular weight excluding hydrogens is 164 g/mol. The molecule has 0 aliphatic carbocycles. The minimum atomic E-state index is 0.162. The van der Waals surface area contributed by atoms with Crippen molar-refractivity contribution in [2.24, 2.45) is 0 Å². The van der Waals surface area contributed by atoms with Crippen LogP contribution in [0.25, 0.3) is 0 Å². The largest absolute Gasteiger partial charge is 0.489 e. The summed E-state index contributed by atoms with van der Waals surface area (Å²) in [7, 11) is 0. The second kappa shape index (κ2) is 4.75. The maximum atomic E-state index is 5.54. The predicted molar refractivity (Wildman–Crippen MR) is 52.2 cm³/mol. The molecule has 0 spiro atoms. The van der Waals surface area contributed by atoms with Crippen molar-refractivity contribution in [2.45, 2.75) is 26.9 Å². The van der Waals surface area contributed by atoms with Crippen LogP contribution < -0.4 is 9.47 Å². The first-order chi connectivity index (χ1) is 6.24. The van der Waals surface area contributed by atoms with Crippen LogP contribution in [-0.4, -0.2) is 12.7 Å². The minimum absolute atomic E-state index is 0.162. The molecule has 0 aromatic heterocycles. The van der Waals surface area contributed by atoms with E-state index in [1.165, 1.54) is 0 Å². The molecule has 1 aromatic carbocycles. The Hall–Kier alpha value is -1.18. The van der Waals surface area contributed by atoms with Crippen molar-refractivity contribution in [1.82, 2.24) is 0 Å². The van der Waals surface area contributed by atoms with Crippen LogP contribution in [0, 0.1) is 6.07 Å². The Labute approximate surface area is 79.5 Å². The maximum Gasteiger partial charge on any atom is 0.169 e. The molecule has 0 fully saturated rings. The highest BCUT2D eigenvalue weighted by Crippen LogP contribution is 2.26. The predicted octanol–water partition coefficient (Wildman–Crippen LogP) is 2.67. The SMILES string of the molecule is CCOc1[c]cccc1OC(C)C. The standard InChI is InChI=1S/C11H15O2/c1-4-12-10-7-5-6-8-11(10)13-9(2)3/h5-6,8-9H,4H2,1-3H3. The van der Waals surface area contributed by atoms with Gasteiger partial charge in [0.2, 0.25) is 0 Å².